The molecule has 3 aromatic heterocycles. The van der Waals surface area contributed by atoms with Crippen molar-refractivity contribution in [3.05, 3.63) is 83.3 Å². The van der Waals surface area contributed by atoms with E-state index in [2.05, 4.69) is 20.3 Å². The van der Waals surface area contributed by atoms with Crippen LogP contribution in [0.2, 0.25) is 0 Å². The van der Waals surface area contributed by atoms with Gasteiger partial charge in [-0.25, -0.2) is 13.8 Å². The Bertz CT molecular complexity index is 1160. The van der Waals surface area contributed by atoms with Crippen LogP contribution in [0.4, 0.5) is 14.6 Å². The van der Waals surface area contributed by atoms with Crippen molar-refractivity contribution < 1.29 is 13.6 Å². The van der Waals surface area contributed by atoms with Gasteiger partial charge in [0.2, 0.25) is 0 Å². The van der Waals surface area contributed by atoms with Crippen molar-refractivity contribution in [2.45, 2.75) is 6.92 Å². The Morgan fingerprint density at radius 2 is 1.83 bits per heavy atom. The Balaban J connectivity index is 1.56. The molecule has 5 nitrogen and oxygen atoms in total. The van der Waals surface area contributed by atoms with Gasteiger partial charge in [-0.3, -0.25) is 14.8 Å². The first-order chi connectivity index (χ1) is 14.0. The summed E-state index contributed by atoms with van der Waals surface area (Å²) in [5, 5.41) is 2.37. The summed E-state index contributed by atoms with van der Waals surface area (Å²) in [6.45, 7) is 1.98. The minimum atomic E-state index is -0.941. The van der Waals surface area contributed by atoms with Crippen LogP contribution in [0.5, 0.6) is 0 Å². The summed E-state index contributed by atoms with van der Waals surface area (Å²) >= 11 is 1.62. The molecule has 0 atom stereocenters. The molecular weight excluding hydrogens is 394 g/mol. The number of halogens is 2. The van der Waals surface area contributed by atoms with Gasteiger partial charge in [0.05, 0.1) is 18.1 Å². The van der Waals surface area contributed by atoms with Crippen LogP contribution in [-0.2, 0) is 0 Å². The molecule has 29 heavy (non-hydrogen) atoms. The number of rotatable bonds is 4. The number of pyridine rings is 1. The van der Waals surface area contributed by atoms with E-state index in [1.165, 1.54) is 18.5 Å². The molecule has 1 aromatic carbocycles. The Labute approximate surface area is 169 Å². The normalized spacial score (nSPS) is 10.7. The van der Waals surface area contributed by atoms with Crippen molar-refractivity contribution >= 4 is 23.1 Å². The van der Waals surface area contributed by atoms with Gasteiger partial charge in [-0.05, 0) is 31.2 Å². The van der Waals surface area contributed by atoms with Crippen LogP contribution in [0.3, 0.4) is 0 Å². The molecule has 0 radical (unpaired) electrons. The number of amides is 1. The van der Waals surface area contributed by atoms with Crippen molar-refractivity contribution in [3.8, 4) is 21.7 Å². The number of carbonyl (C=O) groups is 1. The quantitative estimate of drug-likeness (QED) is 0.510. The van der Waals surface area contributed by atoms with Crippen molar-refractivity contribution in [2.24, 2.45) is 0 Å². The molecule has 0 saturated carbocycles. The molecular formula is C21H14F2N4OS. The zero-order valence-electron chi connectivity index (χ0n) is 15.2. The third kappa shape index (κ3) is 3.88. The van der Waals surface area contributed by atoms with E-state index in [1.54, 1.807) is 23.7 Å². The molecule has 1 amide bonds. The predicted molar refractivity (Wildman–Crippen MR) is 108 cm³/mol. The maximum absolute atomic E-state index is 13.7. The number of hydrogen-bond acceptors (Lipinski definition) is 5. The fourth-order valence-corrected chi connectivity index (χ4v) is 3.83. The van der Waals surface area contributed by atoms with E-state index in [0.29, 0.717) is 5.69 Å². The zero-order chi connectivity index (χ0) is 20.4. The van der Waals surface area contributed by atoms with Gasteiger partial charge >= 0.3 is 0 Å². The smallest absolute Gasteiger partial charge is 0.262 e. The lowest BCUT2D eigenvalue weighted by atomic mass is 10.1. The molecule has 3 heterocycles. The highest BCUT2D eigenvalue weighted by Gasteiger charge is 2.18. The maximum Gasteiger partial charge on any atom is 0.262 e. The molecule has 0 bridgehead atoms. The van der Waals surface area contributed by atoms with Gasteiger partial charge in [-0.15, -0.1) is 11.3 Å². The fourth-order valence-electron chi connectivity index (χ4n) is 2.81. The Morgan fingerprint density at radius 1 is 1.03 bits per heavy atom. The average molecular weight is 408 g/mol. The second kappa shape index (κ2) is 7.84. The Hall–Kier alpha value is -3.52. The second-order valence-corrected chi connectivity index (χ2v) is 7.42. The zero-order valence-corrected chi connectivity index (χ0v) is 16.0. The number of hydrogen-bond donors (Lipinski definition) is 1. The van der Waals surface area contributed by atoms with E-state index >= 15 is 0 Å². The van der Waals surface area contributed by atoms with Crippen LogP contribution in [0.15, 0.2) is 61.2 Å². The van der Waals surface area contributed by atoms with E-state index in [0.717, 1.165) is 33.0 Å². The summed E-state index contributed by atoms with van der Waals surface area (Å²) in [7, 11) is 0. The molecule has 0 spiro atoms. The van der Waals surface area contributed by atoms with Crippen LogP contribution in [0.25, 0.3) is 21.7 Å². The Kier molecular flexibility index (Phi) is 5.09. The topological polar surface area (TPSA) is 67.8 Å². The molecule has 1 N–H and O–H groups in total. The van der Waals surface area contributed by atoms with Crippen molar-refractivity contribution in [3.63, 3.8) is 0 Å². The number of benzene rings is 1. The lowest BCUT2D eigenvalue weighted by molar-refractivity contribution is 0.101. The summed E-state index contributed by atoms with van der Waals surface area (Å²) in [5.41, 5.74) is 1.90. The number of anilines is 1. The van der Waals surface area contributed by atoms with Gasteiger partial charge in [-0.1, -0.05) is 12.1 Å². The highest BCUT2D eigenvalue weighted by atomic mass is 32.1. The minimum absolute atomic E-state index is 0.0989. The van der Waals surface area contributed by atoms with Crippen molar-refractivity contribution in [2.75, 3.05) is 5.32 Å². The highest BCUT2D eigenvalue weighted by molar-refractivity contribution is 7.16. The van der Waals surface area contributed by atoms with E-state index in [4.69, 9.17) is 0 Å². The van der Waals surface area contributed by atoms with E-state index < -0.39 is 23.1 Å². The number of aryl methyl sites for hydroxylation is 1. The number of nitrogens with zero attached hydrogens (tertiary/aromatic N) is 3. The molecule has 0 fully saturated rings. The first-order valence-corrected chi connectivity index (χ1v) is 9.43. The third-order valence-electron chi connectivity index (χ3n) is 4.22. The lowest BCUT2D eigenvalue weighted by Crippen LogP contribution is -2.16. The molecule has 144 valence electrons. The first kappa shape index (κ1) is 18.8. The molecule has 8 heteroatoms. The third-order valence-corrected chi connectivity index (χ3v) is 5.32. The Morgan fingerprint density at radius 3 is 2.48 bits per heavy atom. The standard InChI is InChI=1S/C21H14F2N4OS/c1-12-14(8-18(29-12)13-4-3-7-24-9-13)17-10-26-19(11-25-17)27-21(28)20-15(22)5-2-6-16(20)23/h2-11H,1H3,(H,26,27,28). The van der Waals surface area contributed by atoms with Crippen LogP contribution >= 0.6 is 11.3 Å². The molecule has 4 aromatic rings. The SMILES string of the molecule is Cc1sc(-c2cccnc2)cc1-c1cnc(NC(=O)c2c(F)cccc2F)cn1. The summed E-state index contributed by atoms with van der Waals surface area (Å²) in [6.07, 6.45) is 6.37. The monoisotopic (exact) mass is 408 g/mol. The van der Waals surface area contributed by atoms with Gasteiger partial charge in [-0.2, -0.15) is 0 Å². The van der Waals surface area contributed by atoms with Crippen molar-refractivity contribution in [1.82, 2.24) is 15.0 Å². The molecule has 0 saturated heterocycles. The summed E-state index contributed by atoms with van der Waals surface area (Å²) in [6, 6.07) is 9.10. The average Bonchev–Trinajstić information content (AvgIpc) is 3.11. The maximum atomic E-state index is 13.7. The van der Waals surface area contributed by atoms with E-state index in [9.17, 15) is 13.6 Å². The first-order valence-electron chi connectivity index (χ1n) is 8.61. The van der Waals surface area contributed by atoms with Gasteiger partial charge < -0.3 is 5.32 Å². The van der Waals surface area contributed by atoms with Crippen LogP contribution < -0.4 is 5.32 Å². The largest absolute Gasteiger partial charge is 0.305 e. The van der Waals surface area contributed by atoms with Crippen LogP contribution in [0, 0.1) is 18.6 Å². The number of carbonyl (C=O) groups excluding carboxylic acids is 1. The number of aromatic nitrogens is 3. The van der Waals surface area contributed by atoms with Crippen LogP contribution in [0.1, 0.15) is 15.2 Å². The lowest BCUT2D eigenvalue weighted by Gasteiger charge is -2.07. The summed E-state index contributed by atoms with van der Waals surface area (Å²) < 4.78 is 27.5. The minimum Gasteiger partial charge on any atom is -0.305 e. The second-order valence-electron chi connectivity index (χ2n) is 6.16. The summed E-state index contributed by atoms with van der Waals surface area (Å²) in [4.78, 5) is 26.9. The molecule has 0 aliphatic carbocycles. The van der Waals surface area contributed by atoms with Crippen LogP contribution in [-0.4, -0.2) is 20.9 Å². The van der Waals surface area contributed by atoms with Gasteiger partial charge in [0.1, 0.15) is 17.2 Å². The number of thiophene rings is 1. The molecule has 0 unspecified atom stereocenters. The van der Waals surface area contributed by atoms with Gasteiger partial charge in [0, 0.05) is 33.3 Å². The predicted octanol–water partition coefficient (Wildman–Crippen LogP) is 5.11. The summed E-state index contributed by atoms with van der Waals surface area (Å²) in [5.74, 6) is -2.71. The molecule has 4 rings (SSSR count). The van der Waals surface area contributed by atoms with E-state index in [1.807, 2.05) is 25.1 Å². The van der Waals surface area contributed by atoms with E-state index in [-0.39, 0.29) is 5.82 Å². The number of nitrogens with one attached hydrogen (secondary N) is 1. The van der Waals surface area contributed by atoms with Gasteiger partial charge in [0.15, 0.2) is 5.82 Å². The van der Waals surface area contributed by atoms with Gasteiger partial charge in [0.25, 0.3) is 5.91 Å². The highest BCUT2D eigenvalue weighted by Crippen LogP contribution is 2.35. The van der Waals surface area contributed by atoms with Crippen molar-refractivity contribution in [1.29, 1.82) is 0 Å². The molecule has 0 aliphatic heterocycles. The fraction of sp³-hybridized carbons (Fsp3) is 0.0476. The molecule has 0 aliphatic rings.